The number of halogens is 1. The number of esters is 1. The first kappa shape index (κ1) is 25.7. The molecular weight excluding hydrogens is 447 g/mol. The predicted molar refractivity (Wildman–Crippen MR) is 123 cm³/mol. The fourth-order valence-electron chi connectivity index (χ4n) is 4.68. The number of benzene rings is 1. The third-order valence-electron chi connectivity index (χ3n) is 6.69. The van der Waals surface area contributed by atoms with Gasteiger partial charge in [-0.05, 0) is 101 Å². The lowest BCUT2D eigenvalue weighted by atomic mass is 9.59. The first-order chi connectivity index (χ1) is 15.3. The quantitative estimate of drug-likeness (QED) is 0.504. The number of sulfone groups is 1. The molecule has 0 radical (unpaired) electrons. The summed E-state index contributed by atoms with van der Waals surface area (Å²) < 4.78 is 50.1. The largest absolute Gasteiger partial charge is 0.489 e. The van der Waals surface area contributed by atoms with Crippen molar-refractivity contribution in [3.05, 3.63) is 36.2 Å². The summed E-state index contributed by atoms with van der Waals surface area (Å²) in [7, 11) is -3.47. The van der Waals surface area contributed by atoms with E-state index in [1.807, 2.05) is 0 Å². The number of ether oxygens (including phenoxy) is 2. The van der Waals surface area contributed by atoms with E-state index in [4.69, 9.17) is 9.47 Å². The van der Waals surface area contributed by atoms with Crippen molar-refractivity contribution in [2.24, 2.45) is 5.41 Å². The summed E-state index contributed by atoms with van der Waals surface area (Å²) in [6, 6.07) is 6.16. The molecule has 184 valence electrons. The molecule has 6 nitrogen and oxygen atoms in total. The average Bonchev–Trinajstić information content (AvgIpc) is 2.74. The minimum absolute atomic E-state index is 0.0442. The molecule has 33 heavy (non-hydrogen) atoms. The maximum Gasteiger partial charge on any atom is 0.306 e. The Morgan fingerprint density at radius 1 is 1.06 bits per heavy atom. The standard InChI is InChI=1S/C25H35FO6S/c1-23(2,3)32-22(27)9-4-19(16-26)17-31-20-5-7-21(8-6-20)33(29,30)18-24-10-13-25(28,14-11-24)15-12-24/h5-8,16,28H,4,9-15,17-18H2,1-3H3/b19-16+. The molecule has 1 aromatic carbocycles. The Morgan fingerprint density at radius 2 is 1.64 bits per heavy atom. The number of aliphatic hydroxyl groups is 1. The molecule has 0 unspecified atom stereocenters. The number of carbonyl (C=O) groups excluding carboxylic acids is 1. The highest BCUT2D eigenvalue weighted by Crippen LogP contribution is 2.53. The van der Waals surface area contributed by atoms with Crippen LogP contribution in [0.4, 0.5) is 4.39 Å². The normalized spacial score (nSPS) is 25.7. The van der Waals surface area contributed by atoms with Crippen LogP contribution in [-0.4, -0.2) is 43.1 Å². The molecule has 2 bridgehead atoms. The molecule has 0 aromatic heterocycles. The maximum absolute atomic E-state index is 13.2. The van der Waals surface area contributed by atoms with Crippen LogP contribution in [0, 0.1) is 5.41 Å². The molecule has 0 saturated heterocycles. The van der Waals surface area contributed by atoms with Gasteiger partial charge in [0.1, 0.15) is 18.0 Å². The fourth-order valence-corrected chi connectivity index (χ4v) is 6.64. The summed E-state index contributed by atoms with van der Waals surface area (Å²) in [4.78, 5) is 12.0. The van der Waals surface area contributed by atoms with E-state index >= 15 is 0 Å². The minimum atomic E-state index is -3.47. The lowest BCUT2D eigenvalue weighted by Gasteiger charge is -2.50. The predicted octanol–water partition coefficient (Wildman–Crippen LogP) is 4.90. The third kappa shape index (κ3) is 7.03. The second-order valence-corrected chi connectivity index (χ2v) is 12.6. The van der Waals surface area contributed by atoms with Crippen molar-refractivity contribution in [1.29, 1.82) is 0 Å². The molecule has 1 aromatic rings. The lowest BCUT2D eigenvalue weighted by Crippen LogP contribution is -2.48. The van der Waals surface area contributed by atoms with Crippen LogP contribution in [0.15, 0.2) is 41.1 Å². The molecule has 8 heteroatoms. The zero-order chi connectivity index (χ0) is 24.3. The lowest BCUT2D eigenvalue weighted by molar-refractivity contribution is -0.154. The van der Waals surface area contributed by atoms with E-state index in [1.54, 1.807) is 32.9 Å². The molecule has 0 spiro atoms. The average molecular weight is 483 g/mol. The van der Waals surface area contributed by atoms with E-state index in [0.717, 1.165) is 19.3 Å². The summed E-state index contributed by atoms with van der Waals surface area (Å²) in [5.74, 6) is 0.107. The zero-order valence-electron chi connectivity index (χ0n) is 19.7. The van der Waals surface area contributed by atoms with Gasteiger partial charge in [0.25, 0.3) is 0 Å². The van der Waals surface area contributed by atoms with Gasteiger partial charge in [0, 0.05) is 6.42 Å². The van der Waals surface area contributed by atoms with Crippen molar-refractivity contribution >= 4 is 15.8 Å². The van der Waals surface area contributed by atoms with Crippen molar-refractivity contribution in [1.82, 2.24) is 0 Å². The topological polar surface area (TPSA) is 89.9 Å². The van der Waals surface area contributed by atoms with Crippen molar-refractivity contribution in [2.75, 3.05) is 12.4 Å². The maximum atomic E-state index is 13.2. The molecular formula is C25H35FO6S. The Bertz CT molecular complexity index is 951. The molecule has 1 N–H and O–H groups in total. The molecule has 3 fully saturated rings. The van der Waals surface area contributed by atoms with Gasteiger partial charge in [0.15, 0.2) is 9.84 Å². The summed E-state index contributed by atoms with van der Waals surface area (Å²) in [5, 5.41) is 10.4. The first-order valence-corrected chi connectivity index (χ1v) is 13.2. The third-order valence-corrected chi connectivity index (χ3v) is 8.67. The number of hydrogen-bond donors (Lipinski definition) is 1. The van der Waals surface area contributed by atoms with Gasteiger partial charge < -0.3 is 14.6 Å². The van der Waals surface area contributed by atoms with Crippen LogP contribution < -0.4 is 4.74 Å². The van der Waals surface area contributed by atoms with Gasteiger partial charge in [-0.3, -0.25) is 4.79 Å². The van der Waals surface area contributed by atoms with Crippen molar-refractivity contribution in [3.8, 4) is 5.75 Å². The Balaban J connectivity index is 1.52. The number of carbonyl (C=O) groups is 1. The monoisotopic (exact) mass is 482 g/mol. The van der Waals surface area contributed by atoms with Gasteiger partial charge in [0.2, 0.25) is 0 Å². The minimum Gasteiger partial charge on any atom is -0.489 e. The van der Waals surface area contributed by atoms with E-state index in [2.05, 4.69) is 0 Å². The van der Waals surface area contributed by atoms with Crippen molar-refractivity contribution in [2.45, 2.75) is 88.2 Å². The fraction of sp³-hybridized carbons (Fsp3) is 0.640. The highest BCUT2D eigenvalue weighted by molar-refractivity contribution is 7.91. The van der Waals surface area contributed by atoms with Crippen LogP contribution in [0.5, 0.6) is 5.75 Å². The number of fused-ring (bicyclic) bond motifs is 3. The van der Waals surface area contributed by atoms with E-state index in [0.29, 0.717) is 36.9 Å². The Morgan fingerprint density at radius 3 is 2.15 bits per heavy atom. The smallest absolute Gasteiger partial charge is 0.306 e. The summed E-state index contributed by atoms with van der Waals surface area (Å²) in [6.45, 7) is 5.27. The van der Waals surface area contributed by atoms with Crippen molar-refractivity contribution in [3.63, 3.8) is 0 Å². The SMILES string of the molecule is CC(C)(C)OC(=O)CC/C(=C\F)COc1ccc(S(=O)(=O)CC23CCC(O)(CC2)CC3)cc1. The molecule has 0 heterocycles. The van der Waals surface area contributed by atoms with E-state index < -0.39 is 27.0 Å². The Hall–Kier alpha value is -1.93. The van der Waals surface area contributed by atoms with Crippen LogP contribution in [0.2, 0.25) is 0 Å². The van der Waals surface area contributed by atoms with Crippen LogP contribution in [0.3, 0.4) is 0 Å². The number of rotatable bonds is 9. The van der Waals surface area contributed by atoms with Crippen molar-refractivity contribution < 1.29 is 32.2 Å². The Labute approximate surface area is 196 Å². The Kier molecular flexibility index (Phi) is 7.58. The van der Waals surface area contributed by atoms with Crippen LogP contribution in [0.25, 0.3) is 0 Å². The highest BCUT2D eigenvalue weighted by Gasteiger charge is 2.49. The molecule has 3 aliphatic rings. The highest BCUT2D eigenvalue weighted by atomic mass is 32.2. The molecule has 0 amide bonds. The molecule has 3 aliphatic carbocycles. The van der Waals surface area contributed by atoms with E-state index in [9.17, 15) is 22.7 Å². The summed E-state index contributed by atoms with van der Waals surface area (Å²) in [6.07, 6.45) is 4.90. The molecule has 0 atom stereocenters. The summed E-state index contributed by atoms with van der Waals surface area (Å²) in [5.41, 5.74) is -1.12. The molecule has 3 saturated carbocycles. The van der Waals surface area contributed by atoms with Crippen LogP contribution >= 0.6 is 0 Å². The summed E-state index contributed by atoms with van der Waals surface area (Å²) >= 11 is 0. The number of hydrogen-bond acceptors (Lipinski definition) is 6. The zero-order valence-corrected chi connectivity index (χ0v) is 20.5. The van der Waals surface area contributed by atoms with Gasteiger partial charge in [-0.2, -0.15) is 0 Å². The molecule has 4 rings (SSSR count). The van der Waals surface area contributed by atoms with Gasteiger partial charge in [-0.15, -0.1) is 0 Å². The molecule has 0 aliphatic heterocycles. The van der Waals surface area contributed by atoms with Gasteiger partial charge in [0.05, 0.1) is 22.6 Å². The second kappa shape index (κ2) is 9.74. The van der Waals surface area contributed by atoms with Crippen LogP contribution in [0.1, 0.15) is 72.1 Å². The van der Waals surface area contributed by atoms with Gasteiger partial charge in [-0.1, -0.05) is 0 Å². The van der Waals surface area contributed by atoms with E-state index in [-0.39, 0.29) is 35.5 Å². The first-order valence-electron chi connectivity index (χ1n) is 11.5. The van der Waals surface area contributed by atoms with E-state index in [1.165, 1.54) is 12.1 Å². The van der Waals surface area contributed by atoms with Gasteiger partial charge in [-0.25, -0.2) is 12.8 Å². The van der Waals surface area contributed by atoms with Gasteiger partial charge >= 0.3 is 5.97 Å². The second-order valence-electron chi connectivity index (χ2n) is 10.6. The van der Waals surface area contributed by atoms with Crippen LogP contribution in [-0.2, 0) is 19.4 Å².